The van der Waals surface area contributed by atoms with Gasteiger partial charge in [-0.1, -0.05) is 0 Å². The molecule has 1 aromatic rings. The molecule has 0 radical (unpaired) electrons. The lowest BCUT2D eigenvalue weighted by Crippen LogP contribution is -2.22. The van der Waals surface area contributed by atoms with Crippen molar-refractivity contribution in [1.29, 1.82) is 0 Å². The van der Waals surface area contributed by atoms with E-state index >= 15 is 0 Å². The van der Waals surface area contributed by atoms with Crippen molar-refractivity contribution < 1.29 is 0 Å². The largest absolute Gasteiger partial charge is 0.299 e. The van der Waals surface area contributed by atoms with E-state index in [1.807, 2.05) is 14.0 Å². The Morgan fingerprint density at radius 2 is 2.36 bits per heavy atom. The zero-order chi connectivity index (χ0) is 10.6. The van der Waals surface area contributed by atoms with E-state index in [9.17, 15) is 0 Å². The number of nitrogens with zero attached hydrogens (tertiary/aromatic N) is 4. The molecule has 0 aliphatic carbocycles. The second-order valence-electron chi connectivity index (χ2n) is 3.61. The highest BCUT2D eigenvalue weighted by Gasteiger charge is 2.06. The molecule has 1 atom stereocenters. The third kappa shape index (κ3) is 3.64. The van der Waals surface area contributed by atoms with Gasteiger partial charge in [0.25, 0.3) is 0 Å². The standard InChI is InChI=1S/C9H17ClN4/c1-8(10)4-5-13(2)6-9-11-7-12-14(9)3/h7-8H,4-6H2,1-3H3. The van der Waals surface area contributed by atoms with Crippen LogP contribution >= 0.6 is 11.6 Å². The molecule has 4 nitrogen and oxygen atoms in total. The molecular formula is C9H17ClN4. The topological polar surface area (TPSA) is 34.0 Å². The molecule has 0 bridgehead atoms. The van der Waals surface area contributed by atoms with E-state index in [1.165, 1.54) is 0 Å². The summed E-state index contributed by atoms with van der Waals surface area (Å²) in [6.07, 6.45) is 2.57. The molecule has 0 N–H and O–H groups in total. The predicted molar refractivity (Wildman–Crippen MR) is 57.3 cm³/mol. The summed E-state index contributed by atoms with van der Waals surface area (Å²) in [7, 11) is 3.97. The second-order valence-corrected chi connectivity index (χ2v) is 4.35. The van der Waals surface area contributed by atoms with Crippen LogP contribution in [0.4, 0.5) is 0 Å². The number of aromatic nitrogens is 3. The Morgan fingerprint density at radius 1 is 1.64 bits per heavy atom. The Labute approximate surface area is 89.9 Å². The Kier molecular flexibility index (Phi) is 4.35. The average molecular weight is 217 g/mol. The fourth-order valence-electron chi connectivity index (χ4n) is 1.18. The van der Waals surface area contributed by atoms with Crippen molar-refractivity contribution in [1.82, 2.24) is 19.7 Å². The summed E-state index contributed by atoms with van der Waals surface area (Å²) >= 11 is 5.88. The molecule has 5 heteroatoms. The van der Waals surface area contributed by atoms with Gasteiger partial charge in [-0.05, 0) is 26.9 Å². The van der Waals surface area contributed by atoms with Crippen LogP contribution in [0.1, 0.15) is 19.2 Å². The second kappa shape index (κ2) is 5.32. The molecule has 0 spiro atoms. The average Bonchev–Trinajstić information content (AvgIpc) is 2.49. The minimum absolute atomic E-state index is 0.233. The first-order valence-electron chi connectivity index (χ1n) is 4.75. The zero-order valence-electron chi connectivity index (χ0n) is 8.94. The predicted octanol–water partition coefficient (Wildman–Crippen LogP) is 1.26. The fraction of sp³-hybridized carbons (Fsp3) is 0.778. The fourth-order valence-corrected chi connectivity index (χ4v) is 1.28. The normalized spacial score (nSPS) is 13.5. The van der Waals surface area contributed by atoms with Gasteiger partial charge in [0.1, 0.15) is 12.2 Å². The van der Waals surface area contributed by atoms with E-state index < -0.39 is 0 Å². The van der Waals surface area contributed by atoms with Gasteiger partial charge >= 0.3 is 0 Å². The Hall–Kier alpha value is -0.610. The van der Waals surface area contributed by atoms with Crippen LogP contribution in [-0.2, 0) is 13.6 Å². The summed E-state index contributed by atoms with van der Waals surface area (Å²) < 4.78 is 1.79. The van der Waals surface area contributed by atoms with Crippen molar-refractivity contribution in [3.63, 3.8) is 0 Å². The molecule has 0 fully saturated rings. The summed E-state index contributed by atoms with van der Waals surface area (Å²) in [4.78, 5) is 6.36. The lowest BCUT2D eigenvalue weighted by Gasteiger charge is -2.16. The molecule has 1 unspecified atom stereocenters. The molecule has 1 aromatic heterocycles. The van der Waals surface area contributed by atoms with Crippen LogP contribution in [0.5, 0.6) is 0 Å². The number of hydrogen-bond donors (Lipinski definition) is 0. The summed E-state index contributed by atoms with van der Waals surface area (Å²) in [6.45, 7) is 3.81. The van der Waals surface area contributed by atoms with E-state index in [4.69, 9.17) is 11.6 Å². The molecular weight excluding hydrogens is 200 g/mol. The number of hydrogen-bond acceptors (Lipinski definition) is 3. The molecule has 1 rings (SSSR count). The van der Waals surface area contributed by atoms with Gasteiger partial charge in [-0.25, -0.2) is 4.98 Å². The van der Waals surface area contributed by atoms with Crippen molar-refractivity contribution >= 4 is 11.6 Å². The van der Waals surface area contributed by atoms with Crippen molar-refractivity contribution in [2.45, 2.75) is 25.3 Å². The maximum Gasteiger partial charge on any atom is 0.140 e. The Morgan fingerprint density at radius 3 is 2.86 bits per heavy atom. The van der Waals surface area contributed by atoms with E-state index in [0.29, 0.717) is 0 Å². The summed E-state index contributed by atoms with van der Waals surface area (Å²) in [5.74, 6) is 0.981. The highest BCUT2D eigenvalue weighted by atomic mass is 35.5. The van der Waals surface area contributed by atoms with E-state index in [-0.39, 0.29) is 5.38 Å². The van der Waals surface area contributed by atoms with E-state index in [0.717, 1.165) is 25.3 Å². The van der Waals surface area contributed by atoms with Crippen LogP contribution in [0.2, 0.25) is 0 Å². The van der Waals surface area contributed by atoms with Crippen LogP contribution < -0.4 is 0 Å². The lowest BCUT2D eigenvalue weighted by molar-refractivity contribution is 0.308. The Balaban J connectivity index is 2.34. The van der Waals surface area contributed by atoms with Crippen molar-refractivity contribution in [2.24, 2.45) is 7.05 Å². The van der Waals surface area contributed by atoms with Gasteiger partial charge in [0.2, 0.25) is 0 Å². The quantitative estimate of drug-likeness (QED) is 0.696. The van der Waals surface area contributed by atoms with Crippen LogP contribution in [0, 0.1) is 0 Å². The van der Waals surface area contributed by atoms with Gasteiger partial charge in [0.05, 0.1) is 6.54 Å². The van der Waals surface area contributed by atoms with Crippen LogP contribution in [0.15, 0.2) is 6.33 Å². The molecule has 0 saturated carbocycles. The molecule has 1 heterocycles. The number of rotatable bonds is 5. The van der Waals surface area contributed by atoms with Crippen molar-refractivity contribution in [3.8, 4) is 0 Å². The number of aryl methyl sites for hydroxylation is 1. The molecule has 0 aliphatic heterocycles. The smallest absolute Gasteiger partial charge is 0.140 e. The van der Waals surface area contributed by atoms with Crippen molar-refractivity contribution in [3.05, 3.63) is 12.2 Å². The molecule has 0 aromatic carbocycles. The molecule has 0 aliphatic rings. The summed E-state index contributed by atoms with van der Waals surface area (Å²) in [5, 5.41) is 4.25. The first-order valence-corrected chi connectivity index (χ1v) is 5.18. The van der Waals surface area contributed by atoms with Gasteiger partial charge in [-0.15, -0.1) is 11.6 Å². The van der Waals surface area contributed by atoms with Gasteiger partial charge in [-0.2, -0.15) is 5.10 Å². The van der Waals surface area contributed by atoms with E-state index in [1.54, 1.807) is 11.0 Å². The van der Waals surface area contributed by atoms with Gasteiger partial charge in [0.15, 0.2) is 0 Å². The molecule has 0 saturated heterocycles. The maximum absolute atomic E-state index is 5.88. The molecule has 14 heavy (non-hydrogen) atoms. The first-order chi connectivity index (χ1) is 6.59. The highest BCUT2D eigenvalue weighted by Crippen LogP contribution is 2.03. The van der Waals surface area contributed by atoms with Crippen molar-refractivity contribution in [2.75, 3.05) is 13.6 Å². The SMILES string of the molecule is CC(Cl)CCN(C)Cc1ncnn1C. The minimum Gasteiger partial charge on any atom is -0.299 e. The number of alkyl halides is 1. The Bertz CT molecular complexity index is 272. The zero-order valence-corrected chi connectivity index (χ0v) is 9.70. The van der Waals surface area contributed by atoms with E-state index in [2.05, 4.69) is 22.0 Å². The lowest BCUT2D eigenvalue weighted by atomic mass is 10.3. The third-order valence-electron chi connectivity index (χ3n) is 2.13. The van der Waals surface area contributed by atoms with Gasteiger partial charge in [0, 0.05) is 12.4 Å². The maximum atomic E-state index is 5.88. The minimum atomic E-state index is 0.233. The van der Waals surface area contributed by atoms with Crippen LogP contribution in [-0.4, -0.2) is 38.6 Å². The van der Waals surface area contributed by atoms with Gasteiger partial charge < -0.3 is 0 Å². The monoisotopic (exact) mass is 216 g/mol. The van der Waals surface area contributed by atoms with Gasteiger partial charge in [-0.3, -0.25) is 9.58 Å². The first kappa shape index (κ1) is 11.5. The number of halogens is 1. The van der Waals surface area contributed by atoms with Crippen LogP contribution in [0.3, 0.4) is 0 Å². The summed E-state index contributed by atoms with van der Waals surface area (Å²) in [6, 6.07) is 0. The molecule has 0 amide bonds. The third-order valence-corrected chi connectivity index (χ3v) is 2.34. The van der Waals surface area contributed by atoms with Crippen LogP contribution in [0.25, 0.3) is 0 Å². The molecule has 80 valence electrons. The highest BCUT2D eigenvalue weighted by molar-refractivity contribution is 6.20. The summed E-state index contributed by atoms with van der Waals surface area (Å²) in [5.41, 5.74) is 0.